The van der Waals surface area contributed by atoms with Gasteiger partial charge in [-0.25, -0.2) is 4.79 Å². The molecule has 0 amide bonds. The second-order valence-electron chi connectivity index (χ2n) is 5.86. The number of methoxy groups -OCH3 is 1. The fraction of sp³-hybridized carbons (Fsp3) is 0.158. The summed E-state index contributed by atoms with van der Waals surface area (Å²) in [5.41, 5.74) is 4.47. The van der Waals surface area contributed by atoms with Gasteiger partial charge in [-0.3, -0.25) is 0 Å². The van der Waals surface area contributed by atoms with Gasteiger partial charge >= 0.3 is 5.97 Å². The number of nitrogens with one attached hydrogen (secondary N) is 2. The summed E-state index contributed by atoms with van der Waals surface area (Å²) in [4.78, 5) is 15.9. The molecule has 0 radical (unpaired) electrons. The number of esters is 1. The molecular weight excluding hydrogens is 330 g/mol. The second-order valence-corrected chi connectivity index (χ2v) is 5.86. The third-order valence-corrected chi connectivity index (χ3v) is 3.62. The molecule has 0 saturated heterocycles. The lowest BCUT2D eigenvalue weighted by molar-refractivity contribution is 0.0601. The van der Waals surface area contributed by atoms with Crippen LogP contribution in [-0.2, 0) is 4.74 Å². The van der Waals surface area contributed by atoms with Crippen molar-refractivity contribution >= 4 is 29.1 Å². The van der Waals surface area contributed by atoms with Gasteiger partial charge in [0.15, 0.2) is 5.82 Å². The van der Waals surface area contributed by atoms with Crippen LogP contribution < -0.4 is 10.6 Å². The van der Waals surface area contributed by atoms with E-state index in [4.69, 9.17) is 0 Å². The van der Waals surface area contributed by atoms with Crippen molar-refractivity contribution in [2.75, 3.05) is 17.7 Å². The zero-order valence-electron chi connectivity index (χ0n) is 14.8. The van der Waals surface area contributed by atoms with E-state index in [-0.39, 0.29) is 5.97 Å². The minimum atomic E-state index is -0.375. The van der Waals surface area contributed by atoms with Crippen molar-refractivity contribution in [3.63, 3.8) is 0 Å². The molecule has 1 aromatic heterocycles. The Morgan fingerprint density at radius 2 is 1.65 bits per heavy atom. The molecule has 0 spiro atoms. The molecule has 1 heterocycles. The number of carbonyl (C=O) groups excluding carboxylic acids is 1. The Labute approximate surface area is 151 Å². The minimum absolute atomic E-state index is 0.375. The summed E-state index contributed by atoms with van der Waals surface area (Å²) in [5.74, 6) is 0.559. The molecule has 0 aliphatic heterocycles. The number of carbonyl (C=O) groups is 1. The summed E-state index contributed by atoms with van der Waals surface area (Å²) in [6.07, 6.45) is 1.53. The van der Waals surface area contributed by atoms with Gasteiger partial charge in [0.05, 0.1) is 18.9 Å². The van der Waals surface area contributed by atoms with Crippen molar-refractivity contribution in [3.05, 3.63) is 65.4 Å². The number of anilines is 4. The fourth-order valence-electron chi connectivity index (χ4n) is 2.55. The van der Waals surface area contributed by atoms with E-state index in [1.54, 1.807) is 24.3 Å². The van der Waals surface area contributed by atoms with Crippen molar-refractivity contribution in [3.8, 4) is 0 Å². The van der Waals surface area contributed by atoms with E-state index in [2.05, 4.69) is 36.6 Å². The lowest BCUT2D eigenvalue weighted by atomic mass is 10.1. The highest BCUT2D eigenvalue weighted by Crippen LogP contribution is 2.19. The van der Waals surface area contributed by atoms with Crippen molar-refractivity contribution in [1.82, 2.24) is 15.2 Å². The van der Waals surface area contributed by atoms with Crippen molar-refractivity contribution in [2.24, 2.45) is 0 Å². The highest BCUT2D eigenvalue weighted by atomic mass is 16.5. The van der Waals surface area contributed by atoms with Crippen LogP contribution in [0.2, 0.25) is 0 Å². The Kier molecular flexibility index (Phi) is 5.07. The number of benzene rings is 2. The number of aryl methyl sites for hydroxylation is 2. The molecular formula is C19H19N5O2. The first-order chi connectivity index (χ1) is 12.5. The Hall–Kier alpha value is -3.48. The minimum Gasteiger partial charge on any atom is -0.465 e. The molecule has 0 unspecified atom stereocenters. The predicted molar refractivity (Wildman–Crippen MR) is 100 cm³/mol. The van der Waals surface area contributed by atoms with Gasteiger partial charge in [-0.05, 0) is 61.4 Å². The van der Waals surface area contributed by atoms with Crippen LogP contribution in [0.15, 0.2) is 48.7 Å². The zero-order chi connectivity index (χ0) is 18.5. The van der Waals surface area contributed by atoms with E-state index in [9.17, 15) is 4.79 Å². The van der Waals surface area contributed by atoms with Gasteiger partial charge in [0.25, 0.3) is 0 Å². The molecule has 7 nitrogen and oxygen atoms in total. The van der Waals surface area contributed by atoms with E-state index in [1.807, 2.05) is 26.0 Å². The van der Waals surface area contributed by atoms with Crippen LogP contribution in [-0.4, -0.2) is 28.3 Å². The maximum atomic E-state index is 11.5. The van der Waals surface area contributed by atoms with Crippen LogP contribution in [0.1, 0.15) is 21.5 Å². The van der Waals surface area contributed by atoms with E-state index in [0.717, 1.165) is 22.5 Å². The number of ether oxygens (including phenoxy) is 1. The van der Waals surface area contributed by atoms with Gasteiger partial charge in [-0.2, -0.15) is 10.1 Å². The van der Waals surface area contributed by atoms with Crippen molar-refractivity contribution < 1.29 is 9.53 Å². The van der Waals surface area contributed by atoms with Crippen LogP contribution in [0.25, 0.3) is 0 Å². The maximum absolute atomic E-state index is 11.5. The standard InChI is InChI=1S/C19H19N5O2/c1-12-8-13(2)10-16(9-12)22-19-23-17(11-20-24-19)21-15-6-4-14(5-7-15)18(25)26-3/h4-11H,1-3H3,(H2,21,22,23,24). The first kappa shape index (κ1) is 17.3. The normalized spacial score (nSPS) is 10.3. The highest BCUT2D eigenvalue weighted by Gasteiger charge is 2.06. The van der Waals surface area contributed by atoms with Gasteiger partial charge in [-0.1, -0.05) is 6.07 Å². The predicted octanol–water partition coefficient (Wildman–Crippen LogP) is 3.76. The third kappa shape index (κ3) is 4.32. The SMILES string of the molecule is COC(=O)c1ccc(Nc2cnnc(Nc3cc(C)cc(C)c3)n2)cc1. The van der Waals surface area contributed by atoms with Crippen LogP contribution >= 0.6 is 0 Å². The average molecular weight is 349 g/mol. The van der Waals surface area contributed by atoms with Gasteiger partial charge in [0.2, 0.25) is 5.95 Å². The Bertz CT molecular complexity index is 905. The Morgan fingerprint density at radius 3 is 2.31 bits per heavy atom. The first-order valence-electron chi connectivity index (χ1n) is 8.04. The quantitative estimate of drug-likeness (QED) is 0.678. The van der Waals surface area contributed by atoms with E-state index in [1.165, 1.54) is 13.3 Å². The number of hydrogen-bond acceptors (Lipinski definition) is 7. The van der Waals surface area contributed by atoms with E-state index >= 15 is 0 Å². The molecule has 0 atom stereocenters. The third-order valence-electron chi connectivity index (χ3n) is 3.62. The van der Waals surface area contributed by atoms with Gasteiger partial charge in [-0.15, -0.1) is 5.10 Å². The van der Waals surface area contributed by atoms with E-state index in [0.29, 0.717) is 17.3 Å². The molecule has 0 fully saturated rings. The smallest absolute Gasteiger partial charge is 0.337 e. The van der Waals surface area contributed by atoms with Crippen LogP contribution in [0.5, 0.6) is 0 Å². The number of aromatic nitrogens is 3. The first-order valence-corrected chi connectivity index (χ1v) is 8.04. The lowest BCUT2D eigenvalue weighted by Crippen LogP contribution is -2.03. The van der Waals surface area contributed by atoms with Crippen LogP contribution in [0, 0.1) is 13.8 Å². The summed E-state index contributed by atoms with van der Waals surface area (Å²) in [6, 6.07) is 13.0. The van der Waals surface area contributed by atoms with Crippen molar-refractivity contribution in [1.29, 1.82) is 0 Å². The van der Waals surface area contributed by atoms with Gasteiger partial charge in [0.1, 0.15) is 0 Å². The molecule has 3 aromatic rings. The highest BCUT2D eigenvalue weighted by molar-refractivity contribution is 5.89. The molecule has 0 saturated carbocycles. The largest absolute Gasteiger partial charge is 0.465 e. The average Bonchev–Trinajstić information content (AvgIpc) is 2.61. The van der Waals surface area contributed by atoms with Crippen LogP contribution in [0.3, 0.4) is 0 Å². The molecule has 26 heavy (non-hydrogen) atoms. The molecule has 3 rings (SSSR count). The lowest BCUT2D eigenvalue weighted by Gasteiger charge is -2.09. The van der Waals surface area contributed by atoms with Gasteiger partial charge in [0, 0.05) is 11.4 Å². The molecule has 2 aromatic carbocycles. The Morgan fingerprint density at radius 1 is 0.962 bits per heavy atom. The molecule has 0 aliphatic rings. The van der Waals surface area contributed by atoms with E-state index < -0.39 is 0 Å². The number of hydrogen-bond donors (Lipinski definition) is 2. The number of rotatable bonds is 5. The Balaban J connectivity index is 1.74. The monoisotopic (exact) mass is 349 g/mol. The molecule has 132 valence electrons. The summed E-state index contributed by atoms with van der Waals surface area (Å²) in [5, 5.41) is 14.3. The van der Waals surface area contributed by atoms with Gasteiger partial charge < -0.3 is 15.4 Å². The topological polar surface area (TPSA) is 89.0 Å². The van der Waals surface area contributed by atoms with Crippen LogP contribution in [0.4, 0.5) is 23.1 Å². The number of nitrogens with zero attached hydrogens (tertiary/aromatic N) is 3. The molecule has 2 N–H and O–H groups in total. The summed E-state index contributed by atoms with van der Waals surface area (Å²) >= 11 is 0. The maximum Gasteiger partial charge on any atom is 0.337 e. The second kappa shape index (κ2) is 7.60. The summed E-state index contributed by atoms with van der Waals surface area (Å²) < 4.78 is 4.69. The summed E-state index contributed by atoms with van der Waals surface area (Å²) in [6.45, 7) is 4.07. The zero-order valence-corrected chi connectivity index (χ0v) is 14.8. The van der Waals surface area contributed by atoms with Crippen molar-refractivity contribution in [2.45, 2.75) is 13.8 Å². The molecule has 0 bridgehead atoms. The molecule has 0 aliphatic carbocycles. The fourth-order valence-corrected chi connectivity index (χ4v) is 2.55. The molecule has 7 heteroatoms. The summed E-state index contributed by atoms with van der Waals surface area (Å²) in [7, 11) is 1.35.